The first-order chi connectivity index (χ1) is 6.13. The van der Waals surface area contributed by atoms with E-state index in [4.69, 9.17) is 0 Å². The molecular weight excluding hydrogens is 176 g/mol. The molecule has 6 nitrogen and oxygen atoms in total. The van der Waals surface area contributed by atoms with Crippen LogP contribution in [0.1, 0.15) is 13.3 Å². The largest absolute Gasteiger partial charge is 0.391 e. The first kappa shape index (κ1) is 9.66. The van der Waals surface area contributed by atoms with E-state index >= 15 is 0 Å². The van der Waals surface area contributed by atoms with Gasteiger partial charge in [0.1, 0.15) is 0 Å². The molecule has 1 amide bonds. The molecule has 2 N–H and O–H groups in total. The van der Waals surface area contributed by atoms with Crippen LogP contribution in [0.5, 0.6) is 0 Å². The van der Waals surface area contributed by atoms with Gasteiger partial charge in [0.25, 0.3) is 0 Å². The quantitative estimate of drug-likeness (QED) is 0.405. The lowest BCUT2D eigenvalue weighted by molar-refractivity contribution is -0.161. The van der Waals surface area contributed by atoms with Crippen LogP contribution >= 0.6 is 0 Å². The van der Waals surface area contributed by atoms with Crippen molar-refractivity contribution >= 4 is 17.8 Å². The Bertz CT molecular complexity index is 251. The molecular formula is C7H10N2O4. The Balaban J connectivity index is 2.40. The second-order valence-corrected chi connectivity index (χ2v) is 2.53. The maximum Gasteiger partial charge on any atom is 0.351 e. The van der Waals surface area contributed by atoms with Gasteiger partial charge in [-0.1, -0.05) is 6.92 Å². The summed E-state index contributed by atoms with van der Waals surface area (Å²) in [6.45, 7) is 1.65. The number of carbonyl (C=O) groups is 3. The number of hydrogen-bond acceptors (Lipinski definition) is 5. The fraction of sp³-hybridized carbons (Fsp3) is 0.571. The van der Waals surface area contributed by atoms with Gasteiger partial charge in [0, 0.05) is 6.42 Å². The molecule has 0 saturated carbocycles. The first-order valence-electron chi connectivity index (χ1n) is 3.90. The van der Waals surface area contributed by atoms with Crippen LogP contribution in [0.2, 0.25) is 0 Å². The highest BCUT2D eigenvalue weighted by Crippen LogP contribution is 1.93. The summed E-state index contributed by atoms with van der Waals surface area (Å²) in [5.74, 6) is -1.66. The molecule has 0 aromatic carbocycles. The van der Waals surface area contributed by atoms with Gasteiger partial charge in [-0.05, 0) is 0 Å². The van der Waals surface area contributed by atoms with E-state index in [0.29, 0.717) is 0 Å². The van der Waals surface area contributed by atoms with E-state index in [9.17, 15) is 14.4 Å². The van der Waals surface area contributed by atoms with Crippen LogP contribution in [0.15, 0.2) is 0 Å². The van der Waals surface area contributed by atoms with E-state index < -0.39 is 18.1 Å². The van der Waals surface area contributed by atoms with Gasteiger partial charge in [-0.2, -0.15) is 0 Å². The Morgan fingerprint density at radius 1 is 1.62 bits per heavy atom. The van der Waals surface area contributed by atoms with E-state index in [2.05, 4.69) is 15.4 Å². The fourth-order valence-corrected chi connectivity index (χ4v) is 0.843. The molecule has 1 aliphatic heterocycles. The minimum Gasteiger partial charge on any atom is -0.391 e. The molecule has 13 heavy (non-hydrogen) atoms. The second kappa shape index (κ2) is 3.99. The maximum absolute atomic E-state index is 11.0. The molecule has 0 aliphatic carbocycles. The van der Waals surface area contributed by atoms with Crippen molar-refractivity contribution < 1.29 is 19.1 Å². The Hall–Kier alpha value is -1.43. The normalized spacial score (nSPS) is 21.0. The SMILES string of the molecule is CCC(=O)OC(=O)C1NCC(=O)N1. The van der Waals surface area contributed by atoms with Crippen LogP contribution in [0.3, 0.4) is 0 Å². The number of amides is 1. The summed E-state index contributed by atoms with van der Waals surface area (Å²) in [6.07, 6.45) is -0.755. The molecule has 0 spiro atoms. The lowest BCUT2D eigenvalue weighted by Gasteiger charge is -2.07. The topological polar surface area (TPSA) is 84.5 Å². The molecule has 1 saturated heterocycles. The average Bonchev–Trinajstić information content (AvgIpc) is 2.51. The molecule has 1 atom stereocenters. The zero-order valence-corrected chi connectivity index (χ0v) is 7.12. The van der Waals surface area contributed by atoms with Crippen molar-refractivity contribution in [1.29, 1.82) is 0 Å². The maximum atomic E-state index is 11.0. The number of rotatable bonds is 2. The van der Waals surface area contributed by atoms with Crippen LogP contribution in [0.25, 0.3) is 0 Å². The predicted molar refractivity (Wildman–Crippen MR) is 41.3 cm³/mol. The van der Waals surface area contributed by atoms with E-state index in [1.54, 1.807) is 6.92 Å². The summed E-state index contributed by atoms with van der Waals surface area (Å²) < 4.78 is 4.38. The Morgan fingerprint density at radius 3 is 2.77 bits per heavy atom. The summed E-state index contributed by atoms with van der Waals surface area (Å²) in [5, 5.41) is 4.85. The third-order valence-corrected chi connectivity index (χ3v) is 1.51. The lowest BCUT2D eigenvalue weighted by atomic mass is 10.5. The van der Waals surface area contributed by atoms with Crippen molar-refractivity contribution in [1.82, 2.24) is 10.6 Å². The number of ether oxygens (including phenoxy) is 1. The predicted octanol–water partition coefficient (Wildman–Crippen LogP) is -1.49. The molecule has 0 radical (unpaired) electrons. The van der Waals surface area contributed by atoms with Gasteiger partial charge in [-0.15, -0.1) is 0 Å². The molecule has 1 rings (SSSR count). The Morgan fingerprint density at radius 2 is 2.31 bits per heavy atom. The van der Waals surface area contributed by atoms with Crippen LogP contribution < -0.4 is 10.6 Å². The summed E-state index contributed by atoms with van der Waals surface area (Å²) in [7, 11) is 0. The number of carbonyl (C=O) groups excluding carboxylic acids is 3. The Kier molecular flexibility index (Phi) is 2.97. The minimum absolute atomic E-state index is 0.0695. The minimum atomic E-state index is -0.886. The van der Waals surface area contributed by atoms with Gasteiger partial charge < -0.3 is 10.1 Å². The summed E-state index contributed by atoms with van der Waals surface area (Å²) in [5.41, 5.74) is 0. The van der Waals surface area contributed by atoms with Crippen molar-refractivity contribution in [3.8, 4) is 0 Å². The molecule has 72 valence electrons. The number of hydrogen-bond donors (Lipinski definition) is 2. The molecule has 0 aromatic rings. The van der Waals surface area contributed by atoms with Crippen LogP contribution in [0, 0.1) is 0 Å². The van der Waals surface area contributed by atoms with E-state index in [1.807, 2.05) is 0 Å². The summed E-state index contributed by atoms with van der Waals surface area (Å²) in [4.78, 5) is 32.4. The van der Waals surface area contributed by atoms with Crippen molar-refractivity contribution in [2.45, 2.75) is 19.5 Å². The summed E-state index contributed by atoms with van der Waals surface area (Å²) >= 11 is 0. The highest BCUT2D eigenvalue weighted by Gasteiger charge is 2.28. The van der Waals surface area contributed by atoms with Crippen molar-refractivity contribution in [3.63, 3.8) is 0 Å². The highest BCUT2D eigenvalue weighted by molar-refractivity contribution is 5.93. The molecule has 1 fully saturated rings. The second-order valence-electron chi connectivity index (χ2n) is 2.53. The molecule has 1 unspecified atom stereocenters. The molecule has 6 heteroatoms. The molecule has 0 aromatic heterocycles. The zero-order valence-electron chi connectivity index (χ0n) is 7.12. The smallest absolute Gasteiger partial charge is 0.351 e. The van der Waals surface area contributed by atoms with E-state index in [0.717, 1.165) is 0 Å². The molecule has 1 heterocycles. The first-order valence-corrected chi connectivity index (χ1v) is 3.90. The van der Waals surface area contributed by atoms with Gasteiger partial charge >= 0.3 is 11.9 Å². The summed E-state index contributed by atoms with van der Waals surface area (Å²) in [6, 6.07) is 0. The Labute approximate surface area is 74.6 Å². The third-order valence-electron chi connectivity index (χ3n) is 1.51. The van der Waals surface area contributed by atoms with Crippen LogP contribution in [-0.2, 0) is 19.1 Å². The zero-order chi connectivity index (χ0) is 9.84. The number of esters is 2. The fourth-order valence-electron chi connectivity index (χ4n) is 0.843. The van der Waals surface area contributed by atoms with E-state index in [-0.39, 0.29) is 18.9 Å². The van der Waals surface area contributed by atoms with Crippen LogP contribution in [-0.4, -0.2) is 30.6 Å². The highest BCUT2D eigenvalue weighted by atomic mass is 16.6. The van der Waals surface area contributed by atoms with Crippen molar-refractivity contribution in [2.24, 2.45) is 0 Å². The van der Waals surface area contributed by atoms with Crippen LogP contribution in [0.4, 0.5) is 0 Å². The standard InChI is InChI=1S/C7H10N2O4/c1-2-5(11)13-7(12)6-8-3-4(10)9-6/h6,8H,2-3H2,1H3,(H,9,10). The van der Waals surface area contributed by atoms with Crippen molar-refractivity contribution in [2.75, 3.05) is 6.54 Å². The van der Waals surface area contributed by atoms with Gasteiger partial charge in [0.2, 0.25) is 5.91 Å². The average molecular weight is 186 g/mol. The molecule has 1 aliphatic rings. The van der Waals surface area contributed by atoms with Gasteiger partial charge in [0.05, 0.1) is 6.54 Å². The monoisotopic (exact) mass is 186 g/mol. The number of nitrogens with one attached hydrogen (secondary N) is 2. The lowest BCUT2D eigenvalue weighted by Crippen LogP contribution is -2.42. The van der Waals surface area contributed by atoms with Gasteiger partial charge in [-0.3, -0.25) is 14.9 Å². The van der Waals surface area contributed by atoms with Crippen molar-refractivity contribution in [3.05, 3.63) is 0 Å². The van der Waals surface area contributed by atoms with Gasteiger partial charge in [-0.25, -0.2) is 4.79 Å². The third kappa shape index (κ3) is 2.51. The molecule has 0 bridgehead atoms. The van der Waals surface area contributed by atoms with E-state index in [1.165, 1.54) is 0 Å². The van der Waals surface area contributed by atoms with Gasteiger partial charge in [0.15, 0.2) is 6.17 Å².